The van der Waals surface area contributed by atoms with E-state index >= 15 is 0 Å². The number of aromatic nitrogens is 3. The highest BCUT2D eigenvalue weighted by atomic mass is 16.7. The van der Waals surface area contributed by atoms with Gasteiger partial charge in [0.1, 0.15) is 5.82 Å². The van der Waals surface area contributed by atoms with Gasteiger partial charge in [-0.05, 0) is 49.8 Å². The molecule has 0 radical (unpaired) electrons. The average Bonchev–Trinajstić information content (AvgIpc) is 3.47. The lowest BCUT2D eigenvalue weighted by molar-refractivity contribution is -0.178. The predicted molar refractivity (Wildman–Crippen MR) is 123 cm³/mol. The topological polar surface area (TPSA) is 66.4 Å². The summed E-state index contributed by atoms with van der Waals surface area (Å²) in [6, 6.07) is 4.17. The van der Waals surface area contributed by atoms with Crippen molar-refractivity contribution in [2.24, 2.45) is 5.92 Å². The molecule has 1 aliphatic heterocycles. The number of hydrogen-bond donors (Lipinski definition) is 0. The fourth-order valence-electron chi connectivity index (χ4n) is 5.03. The molecular formula is C26H31N3O3. The smallest absolute Gasteiger partial charge is 0.220 e. The van der Waals surface area contributed by atoms with Crippen molar-refractivity contribution in [3.63, 3.8) is 0 Å². The molecule has 1 saturated heterocycles. The Morgan fingerprint density at radius 1 is 1.12 bits per heavy atom. The molecule has 6 heteroatoms. The van der Waals surface area contributed by atoms with Gasteiger partial charge in [0.15, 0.2) is 5.79 Å². The highest BCUT2D eigenvalue weighted by molar-refractivity contribution is 5.60. The molecule has 2 aromatic rings. The van der Waals surface area contributed by atoms with Crippen LogP contribution in [0, 0.1) is 12.8 Å². The van der Waals surface area contributed by atoms with Gasteiger partial charge >= 0.3 is 0 Å². The molecule has 0 N–H and O–H groups in total. The largest absolute Gasteiger partial charge is 0.477 e. The van der Waals surface area contributed by atoms with Crippen LogP contribution in [0.5, 0.6) is 5.88 Å². The number of ether oxygens (including phenoxy) is 3. The Morgan fingerprint density at radius 2 is 1.91 bits per heavy atom. The lowest BCUT2D eigenvalue weighted by Gasteiger charge is -2.35. The molecule has 6 nitrogen and oxygen atoms in total. The fourth-order valence-corrected chi connectivity index (χ4v) is 5.03. The predicted octanol–water partition coefficient (Wildman–Crippen LogP) is 5.05. The maximum atomic E-state index is 6.29. The maximum Gasteiger partial charge on any atom is 0.220 e. The van der Waals surface area contributed by atoms with Crippen LogP contribution in [0.4, 0.5) is 0 Å². The molecule has 2 atom stereocenters. The van der Waals surface area contributed by atoms with E-state index in [1.165, 1.54) is 0 Å². The lowest BCUT2D eigenvalue weighted by Crippen LogP contribution is -2.34. The van der Waals surface area contributed by atoms with E-state index in [0.29, 0.717) is 37.6 Å². The summed E-state index contributed by atoms with van der Waals surface area (Å²) in [5.74, 6) is 2.37. The van der Waals surface area contributed by atoms with Gasteiger partial charge in [0.05, 0.1) is 25.5 Å². The molecule has 3 fully saturated rings. The fraction of sp³-hybridized carbons (Fsp3) is 0.500. The molecule has 32 heavy (non-hydrogen) atoms. The summed E-state index contributed by atoms with van der Waals surface area (Å²) in [5, 5.41) is 0. The van der Waals surface area contributed by atoms with E-state index in [4.69, 9.17) is 19.2 Å². The first kappa shape index (κ1) is 21.3. The molecule has 3 aliphatic rings. The standard InChI is InChI=1S/C26H31N3O3/c1-4-18-6-7-24(29-23(18)5-2)21-14-20(21)16-30-25-22(15-27-17(3)28-25)19-8-10-26(11-9-19)31-12-13-32-26/h4-7,15,19-21H,1-2,8-14,16H2,3H3/t20-,21+/m1/s1. The number of aryl methyl sites for hydroxylation is 1. The van der Waals surface area contributed by atoms with Crippen LogP contribution >= 0.6 is 0 Å². The Hall–Kier alpha value is -2.57. The van der Waals surface area contributed by atoms with Crippen molar-refractivity contribution in [2.45, 2.75) is 56.7 Å². The molecule has 2 aliphatic carbocycles. The second-order valence-electron chi connectivity index (χ2n) is 9.09. The van der Waals surface area contributed by atoms with Crippen LogP contribution in [-0.2, 0) is 9.47 Å². The van der Waals surface area contributed by atoms with Crippen molar-refractivity contribution in [1.29, 1.82) is 0 Å². The van der Waals surface area contributed by atoms with Crippen molar-refractivity contribution >= 4 is 12.2 Å². The Labute approximate surface area is 189 Å². The molecule has 168 valence electrons. The minimum atomic E-state index is -0.358. The van der Waals surface area contributed by atoms with Gasteiger partial charge in [0.25, 0.3) is 0 Å². The van der Waals surface area contributed by atoms with E-state index in [-0.39, 0.29) is 5.79 Å². The highest BCUT2D eigenvalue weighted by Gasteiger charge is 2.42. The summed E-state index contributed by atoms with van der Waals surface area (Å²) < 4.78 is 18.1. The van der Waals surface area contributed by atoms with Crippen LogP contribution in [0.15, 0.2) is 31.5 Å². The van der Waals surface area contributed by atoms with E-state index in [9.17, 15) is 0 Å². The van der Waals surface area contributed by atoms with E-state index < -0.39 is 0 Å². The van der Waals surface area contributed by atoms with Crippen LogP contribution in [0.2, 0.25) is 0 Å². The summed E-state index contributed by atoms with van der Waals surface area (Å²) in [6.07, 6.45) is 10.5. The first-order chi connectivity index (χ1) is 15.6. The molecule has 2 saturated carbocycles. The van der Waals surface area contributed by atoms with Crippen molar-refractivity contribution in [1.82, 2.24) is 15.0 Å². The summed E-state index contributed by atoms with van der Waals surface area (Å²) in [5.41, 5.74) is 4.12. The average molecular weight is 434 g/mol. The molecule has 0 unspecified atom stereocenters. The Kier molecular flexibility index (Phi) is 5.82. The van der Waals surface area contributed by atoms with Gasteiger partial charge in [0.2, 0.25) is 5.88 Å². The van der Waals surface area contributed by atoms with Gasteiger partial charge in [-0.15, -0.1) is 0 Å². The van der Waals surface area contributed by atoms with Crippen molar-refractivity contribution < 1.29 is 14.2 Å². The molecule has 5 rings (SSSR count). The summed E-state index contributed by atoms with van der Waals surface area (Å²) in [6.45, 7) is 11.7. The zero-order valence-electron chi connectivity index (χ0n) is 18.8. The third-order valence-corrected chi connectivity index (χ3v) is 7.03. The van der Waals surface area contributed by atoms with E-state index in [1.807, 2.05) is 19.2 Å². The Balaban J connectivity index is 1.23. The van der Waals surface area contributed by atoms with Crippen LogP contribution in [0.25, 0.3) is 12.2 Å². The maximum absolute atomic E-state index is 6.29. The quantitative estimate of drug-likeness (QED) is 0.609. The first-order valence-corrected chi connectivity index (χ1v) is 11.6. The Morgan fingerprint density at radius 3 is 2.62 bits per heavy atom. The van der Waals surface area contributed by atoms with Gasteiger partial charge in [-0.25, -0.2) is 4.98 Å². The second kappa shape index (κ2) is 8.75. The first-order valence-electron chi connectivity index (χ1n) is 11.6. The number of hydrogen-bond acceptors (Lipinski definition) is 6. The van der Waals surface area contributed by atoms with Gasteiger partial charge < -0.3 is 14.2 Å². The SMILES string of the molecule is C=Cc1ccc([C@H]2C[C@@H]2COc2nc(C)ncc2C2CCC3(CC2)OCCO3)nc1C=C. The van der Waals surface area contributed by atoms with Crippen LogP contribution in [-0.4, -0.2) is 40.6 Å². The summed E-state index contributed by atoms with van der Waals surface area (Å²) >= 11 is 0. The number of rotatable bonds is 7. The highest BCUT2D eigenvalue weighted by Crippen LogP contribution is 2.48. The van der Waals surface area contributed by atoms with Crippen LogP contribution in [0.3, 0.4) is 0 Å². The van der Waals surface area contributed by atoms with Crippen LogP contribution in [0.1, 0.15) is 72.3 Å². The van der Waals surface area contributed by atoms with E-state index in [0.717, 1.165) is 66.3 Å². The number of pyridine rings is 1. The van der Waals surface area contributed by atoms with Crippen molar-refractivity contribution in [3.05, 3.63) is 59.8 Å². The third kappa shape index (κ3) is 4.21. The van der Waals surface area contributed by atoms with Gasteiger partial charge in [-0.1, -0.05) is 25.3 Å². The molecule has 0 aromatic carbocycles. The van der Waals surface area contributed by atoms with Crippen LogP contribution < -0.4 is 4.74 Å². The van der Waals surface area contributed by atoms with Crippen molar-refractivity contribution in [2.75, 3.05) is 19.8 Å². The summed E-state index contributed by atoms with van der Waals surface area (Å²) in [4.78, 5) is 13.9. The second-order valence-corrected chi connectivity index (χ2v) is 9.09. The molecule has 3 heterocycles. The van der Waals surface area contributed by atoms with E-state index in [2.05, 4.69) is 35.3 Å². The van der Waals surface area contributed by atoms with E-state index in [1.54, 1.807) is 6.08 Å². The molecule has 2 aromatic heterocycles. The zero-order chi connectivity index (χ0) is 22.1. The monoisotopic (exact) mass is 433 g/mol. The normalized spacial score (nSPS) is 24.4. The molecule has 0 bridgehead atoms. The van der Waals surface area contributed by atoms with Crippen molar-refractivity contribution in [3.8, 4) is 5.88 Å². The lowest BCUT2D eigenvalue weighted by atomic mass is 9.81. The molecule has 1 spiro atoms. The Bertz CT molecular complexity index is 1010. The molecule has 0 amide bonds. The van der Waals surface area contributed by atoms with Gasteiger partial charge in [-0.3, -0.25) is 4.98 Å². The minimum Gasteiger partial charge on any atom is -0.477 e. The zero-order valence-corrected chi connectivity index (χ0v) is 18.8. The van der Waals surface area contributed by atoms with Gasteiger partial charge in [0, 0.05) is 42.1 Å². The van der Waals surface area contributed by atoms with Gasteiger partial charge in [-0.2, -0.15) is 4.98 Å². The summed E-state index contributed by atoms with van der Waals surface area (Å²) in [7, 11) is 0. The minimum absolute atomic E-state index is 0.358. The number of nitrogens with zero attached hydrogens (tertiary/aromatic N) is 3. The third-order valence-electron chi connectivity index (χ3n) is 7.03. The molecular weight excluding hydrogens is 402 g/mol.